The number of aliphatic imine (C=N–C) groups is 1. The molecule has 0 radical (unpaired) electrons. The molecule has 0 aliphatic rings. The normalized spacial score (nSPS) is 14.0. The van der Waals surface area contributed by atoms with E-state index in [9.17, 15) is 0 Å². The monoisotopic (exact) mass is 152 g/mol. The molecule has 0 amide bonds. The fourth-order valence-electron chi connectivity index (χ4n) is 0.736. The van der Waals surface area contributed by atoms with Crippen LogP contribution in [-0.4, -0.2) is 6.21 Å². The van der Waals surface area contributed by atoms with Crippen LogP contribution in [0.15, 0.2) is 29.0 Å². The predicted molar refractivity (Wildman–Crippen MR) is 50.4 cm³/mol. The molecule has 0 unspecified atom stereocenters. The second-order valence-electron chi connectivity index (χ2n) is 2.53. The number of allylic oxidation sites excluding steroid dienone is 3. The molecule has 11 heavy (non-hydrogen) atoms. The van der Waals surface area contributed by atoms with E-state index < -0.39 is 0 Å². The minimum Gasteiger partial charge on any atom is -0.405 e. The van der Waals surface area contributed by atoms with Crippen molar-refractivity contribution in [2.45, 2.75) is 20.8 Å². The van der Waals surface area contributed by atoms with E-state index in [-0.39, 0.29) is 0 Å². The molecule has 2 nitrogen and oxygen atoms in total. The third-order valence-electron chi connectivity index (χ3n) is 1.31. The summed E-state index contributed by atoms with van der Waals surface area (Å²) in [6, 6.07) is 0. The van der Waals surface area contributed by atoms with Crippen LogP contribution in [0.2, 0.25) is 0 Å². The second-order valence-corrected chi connectivity index (χ2v) is 2.53. The van der Waals surface area contributed by atoms with E-state index in [4.69, 9.17) is 5.73 Å². The largest absolute Gasteiger partial charge is 0.405 e. The molecule has 0 saturated heterocycles. The first kappa shape index (κ1) is 9.95. The van der Waals surface area contributed by atoms with Crippen LogP contribution in [0, 0.1) is 5.92 Å². The minimum atomic E-state index is 0.474. The summed E-state index contributed by atoms with van der Waals surface area (Å²) in [6.45, 7) is 6.20. The summed E-state index contributed by atoms with van der Waals surface area (Å²) in [5.74, 6) is 0.474. The molecule has 0 fully saturated rings. The molecule has 0 aliphatic heterocycles. The van der Waals surface area contributed by atoms with Crippen LogP contribution in [0.5, 0.6) is 0 Å². The number of hydrogen-bond donors (Lipinski definition) is 1. The van der Waals surface area contributed by atoms with Gasteiger partial charge in [-0.15, -0.1) is 0 Å². The average Bonchev–Trinajstić information content (AvgIpc) is 1.97. The predicted octanol–water partition coefficient (Wildman–Crippen LogP) is 2.09. The molecule has 0 aromatic carbocycles. The Hall–Kier alpha value is -1.05. The molecule has 2 heteroatoms. The van der Waals surface area contributed by atoms with Crippen molar-refractivity contribution in [3.63, 3.8) is 0 Å². The highest BCUT2D eigenvalue weighted by Crippen LogP contribution is 2.09. The fraction of sp³-hybridized carbons (Fsp3) is 0.444. The molecule has 0 bridgehead atoms. The van der Waals surface area contributed by atoms with E-state index in [0.29, 0.717) is 5.92 Å². The van der Waals surface area contributed by atoms with Crippen molar-refractivity contribution >= 4 is 6.21 Å². The molecule has 0 spiro atoms. The maximum Gasteiger partial charge on any atom is 0.0386 e. The van der Waals surface area contributed by atoms with Gasteiger partial charge < -0.3 is 5.73 Å². The summed E-state index contributed by atoms with van der Waals surface area (Å²) >= 11 is 0. The average molecular weight is 152 g/mol. The summed E-state index contributed by atoms with van der Waals surface area (Å²) in [5, 5.41) is 0. The van der Waals surface area contributed by atoms with Crippen LogP contribution < -0.4 is 5.73 Å². The van der Waals surface area contributed by atoms with Crippen LogP contribution in [0.3, 0.4) is 0 Å². The van der Waals surface area contributed by atoms with Crippen LogP contribution in [0.1, 0.15) is 20.8 Å². The molecule has 2 N–H and O–H groups in total. The second kappa shape index (κ2) is 5.71. The van der Waals surface area contributed by atoms with Gasteiger partial charge in [-0.1, -0.05) is 19.9 Å². The van der Waals surface area contributed by atoms with Gasteiger partial charge in [-0.25, -0.2) is 0 Å². The van der Waals surface area contributed by atoms with E-state index >= 15 is 0 Å². The zero-order chi connectivity index (χ0) is 8.69. The van der Waals surface area contributed by atoms with Crippen molar-refractivity contribution in [3.05, 3.63) is 24.0 Å². The van der Waals surface area contributed by atoms with Crippen molar-refractivity contribution in [2.75, 3.05) is 0 Å². The Labute approximate surface area is 68.5 Å². The van der Waals surface area contributed by atoms with Crippen molar-refractivity contribution in [2.24, 2.45) is 16.6 Å². The van der Waals surface area contributed by atoms with Gasteiger partial charge in [0.05, 0.1) is 0 Å². The van der Waals surface area contributed by atoms with Gasteiger partial charge in [-0.3, -0.25) is 4.99 Å². The number of nitrogens with zero attached hydrogens (tertiary/aromatic N) is 1. The van der Waals surface area contributed by atoms with Crippen molar-refractivity contribution in [3.8, 4) is 0 Å². The number of hydrogen-bond acceptors (Lipinski definition) is 2. The molecule has 0 aromatic rings. The van der Waals surface area contributed by atoms with Crippen LogP contribution >= 0.6 is 0 Å². The molecule has 62 valence electrons. The summed E-state index contributed by atoms with van der Waals surface area (Å²) in [5.41, 5.74) is 6.23. The molecule has 0 rings (SSSR count). The van der Waals surface area contributed by atoms with Crippen molar-refractivity contribution in [1.29, 1.82) is 0 Å². The van der Waals surface area contributed by atoms with Crippen LogP contribution in [0.25, 0.3) is 0 Å². The smallest absolute Gasteiger partial charge is 0.0386 e. The van der Waals surface area contributed by atoms with Gasteiger partial charge in [-0.05, 0) is 25.1 Å². The van der Waals surface area contributed by atoms with E-state index in [1.165, 1.54) is 6.20 Å². The van der Waals surface area contributed by atoms with Gasteiger partial charge >= 0.3 is 0 Å². The Bertz CT molecular complexity index is 176. The van der Waals surface area contributed by atoms with E-state index in [0.717, 1.165) is 5.70 Å². The lowest BCUT2D eigenvalue weighted by Gasteiger charge is -2.02. The van der Waals surface area contributed by atoms with E-state index in [2.05, 4.69) is 18.8 Å². The molecule has 0 atom stereocenters. The lowest BCUT2D eigenvalue weighted by atomic mass is 10.1. The van der Waals surface area contributed by atoms with Gasteiger partial charge in [0.25, 0.3) is 0 Å². The molecule has 0 heterocycles. The van der Waals surface area contributed by atoms with Crippen LogP contribution in [-0.2, 0) is 0 Å². The van der Waals surface area contributed by atoms with Gasteiger partial charge in [0.2, 0.25) is 0 Å². The zero-order valence-electron chi connectivity index (χ0n) is 7.41. The Balaban J connectivity index is 4.10. The number of rotatable bonds is 3. The topological polar surface area (TPSA) is 38.4 Å². The first-order valence-electron chi connectivity index (χ1n) is 3.79. The molecule has 0 aliphatic carbocycles. The van der Waals surface area contributed by atoms with Gasteiger partial charge in [-0.2, -0.15) is 0 Å². The fourth-order valence-corrected chi connectivity index (χ4v) is 0.736. The highest BCUT2D eigenvalue weighted by atomic mass is 14.7. The van der Waals surface area contributed by atoms with Gasteiger partial charge in [0.15, 0.2) is 0 Å². The third-order valence-corrected chi connectivity index (χ3v) is 1.31. The molecule has 0 saturated carbocycles. The summed E-state index contributed by atoms with van der Waals surface area (Å²) in [6.07, 6.45) is 6.89. The molecule has 0 aromatic heterocycles. The summed E-state index contributed by atoms with van der Waals surface area (Å²) < 4.78 is 0. The van der Waals surface area contributed by atoms with E-state index in [1.54, 1.807) is 12.3 Å². The van der Waals surface area contributed by atoms with Gasteiger partial charge in [0, 0.05) is 11.9 Å². The highest BCUT2D eigenvalue weighted by molar-refractivity contribution is 5.71. The van der Waals surface area contributed by atoms with Crippen molar-refractivity contribution < 1.29 is 0 Å². The lowest BCUT2D eigenvalue weighted by molar-refractivity contribution is 0.757. The SMILES string of the molecule is C\C=C(/N=C\C=C/N)C(C)C. The number of nitrogens with two attached hydrogens (primary N) is 1. The summed E-state index contributed by atoms with van der Waals surface area (Å²) in [4.78, 5) is 4.20. The standard InChI is InChI=1S/C9H16N2/c1-4-9(8(2)3)11-7-5-6-10/h4-8H,10H2,1-3H3/b6-5-,9-4-,11-7-. The Morgan fingerprint density at radius 3 is 2.45 bits per heavy atom. The van der Waals surface area contributed by atoms with E-state index in [1.807, 2.05) is 13.0 Å². The van der Waals surface area contributed by atoms with Gasteiger partial charge in [0.1, 0.15) is 0 Å². The minimum absolute atomic E-state index is 0.474. The molecular weight excluding hydrogens is 136 g/mol. The third kappa shape index (κ3) is 4.37. The van der Waals surface area contributed by atoms with Crippen LogP contribution in [0.4, 0.5) is 0 Å². The Kier molecular flexibility index (Phi) is 5.17. The Morgan fingerprint density at radius 1 is 1.45 bits per heavy atom. The highest BCUT2D eigenvalue weighted by Gasteiger charge is 1.96. The first-order chi connectivity index (χ1) is 5.22. The zero-order valence-corrected chi connectivity index (χ0v) is 7.41. The first-order valence-corrected chi connectivity index (χ1v) is 3.79. The molecular formula is C9H16N2. The Morgan fingerprint density at radius 2 is 2.09 bits per heavy atom. The lowest BCUT2D eigenvalue weighted by Crippen LogP contribution is -1.90. The maximum absolute atomic E-state index is 5.14. The maximum atomic E-state index is 5.14. The van der Waals surface area contributed by atoms with Crippen molar-refractivity contribution in [1.82, 2.24) is 0 Å². The summed E-state index contributed by atoms with van der Waals surface area (Å²) in [7, 11) is 0. The quantitative estimate of drug-likeness (QED) is 0.618.